The van der Waals surface area contributed by atoms with Gasteiger partial charge in [-0.05, 0) is 30.7 Å². The summed E-state index contributed by atoms with van der Waals surface area (Å²) in [6, 6.07) is 1.80. The van der Waals surface area contributed by atoms with Gasteiger partial charge in [-0.2, -0.15) is 0 Å². The number of H-pyrrole nitrogens is 1. The molecule has 1 saturated carbocycles. The summed E-state index contributed by atoms with van der Waals surface area (Å²) >= 11 is 1.36. The van der Waals surface area contributed by atoms with Gasteiger partial charge in [-0.25, -0.2) is 4.98 Å². The highest BCUT2D eigenvalue weighted by Gasteiger charge is 2.41. The Morgan fingerprint density at radius 3 is 3.00 bits per heavy atom. The minimum Gasteiger partial charge on any atom is -0.337 e. The molecule has 0 aromatic carbocycles. The van der Waals surface area contributed by atoms with Crippen molar-refractivity contribution >= 4 is 27.5 Å². The molecule has 1 fully saturated rings. The van der Waals surface area contributed by atoms with E-state index in [0.717, 1.165) is 19.3 Å². The lowest BCUT2D eigenvalue weighted by atomic mass is 9.76. The SMILES string of the molecule is CN(Cc1nc2ccsc2c(=O)[nH]1)C(=O)C1(N)CCC1. The molecule has 0 unspecified atom stereocenters. The Labute approximate surface area is 119 Å². The molecule has 0 spiro atoms. The van der Waals surface area contributed by atoms with E-state index in [0.29, 0.717) is 16.0 Å². The van der Waals surface area contributed by atoms with Crippen LogP contribution in [0.3, 0.4) is 0 Å². The fourth-order valence-electron chi connectivity index (χ4n) is 2.44. The van der Waals surface area contributed by atoms with E-state index in [1.165, 1.54) is 16.2 Å². The van der Waals surface area contributed by atoms with Crippen molar-refractivity contribution in [3.8, 4) is 0 Å². The summed E-state index contributed by atoms with van der Waals surface area (Å²) in [5.74, 6) is 0.400. The van der Waals surface area contributed by atoms with Crippen LogP contribution < -0.4 is 11.3 Å². The van der Waals surface area contributed by atoms with Crippen LogP contribution in [0.4, 0.5) is 0 Å². The lowest BCUT2D eigenvalue weighted by molar-refractivity contribution is -0.139. The van der Waals surface area contributed by atoms with Crippen LogP contribution in [0.15, 0.2) is 16.2 Å². The van der Waals surface area contributed by atoms with E-state index in [2.05, 4.69) is 9.97 Å². The van der Waals surface area contributed by atoms with Crippen LogP contribution in [-0.2, 0) is 11.3 Å². The Balaban J connectivity index is 1.82. The molecule has 1 aliphatic carbocycles. The number of nitrogens with one attached hydrogen (secondary N) is 1. The fourth-order valence-corrected chi connectivity index (χ4v) is 3.17. The topological polar surface area (TPSA) is 92.1 Å². The summed E-state index contributed by atoms with van der Waals surface area (Å²) in [5.41, 5.74) is 5.81. The summed E-state index contributed by atoms with van der Waals surface area (Å²) in [6.45, 7) is 0.263. The van der Waals surface area contributed by atoms with Crippen molar-refractivity contribution in [2.24, 2.45) is 5.73 Å². The molecule has 0 radical (unpaired) electrons. The highest BCUT2D eigenvalue weighted by Crippen LogP contribution is 2.30. The number of nitrogens with zero attached hydrogens (tertiary/aromatic N) is 2. The third-order valence-electron chi connectivity index (χ3n) is 3.77. The summed E-state index contributed by atoms with van der Waals surface area (Å²) in [4.78, 5) is 32.7. The molecule has 7 heteroatoms. The van der Waals surface area contributed by atoms with Crippen molar-refractivity contribution in [1.29, 1.82) is 0 Å². The van der Waals surface area contributed by atoms with Crippen LogP contribution in [0.1, 0.15) is 25.1 Å². The minimum atomic E-state index is -0.721. The number of thiophene rings is 1. The Morgan fingerprint density at radius 2 is 2.35 bits per heavy atom. The number of nitrogens with two attached hydrogens (primary N) is 1. The van der Waals surface area contributed by atoms with Crippen molar-refractivity contribution in [2.45, 2.75) is 31.3 Å². The van der Waals surface area contributed by atoms with Gasteiger partial charge >= 0.3 is 0 Å². The quantitative estimate of drug-likeness (QED) is 0.876. The Kier molecular flexibility index (Phi) is 3.10. The van der Waals surface area contributed by atoms with Crippen molar-refractivity contribution in [2.75, 3.05) is 7.05 Å². The maximum Gasteiger partial charge on any atom is 0.268 e. The van der Waals surface area contributed by atoms with Crippen LogP contribution in [-0.4, -0.2) is 33.4 Å². The first-order valence-electron chi connectivity index (χ1n) is 6.50. The maximum atomic E-state index is 12.2. The summed E-state index contributed by atoms with van der Waals surface area (Å²) in [6.07, 6.45) is 2.44. The third kappa shape index (κ3) is 2.12. The largest absolute Gasteiger partial charge is 0.337 e. The van der Waals surface area contributed by atoms with Gasteiger partial charge in [0.1, 0.15) is 10.5 Å². The van der Waals surface area contributed by atoms with Gasteiger partial charge in [0.15, 0.2) is 0 Å². The number of aromatic nitrogens is 2. The summed E-state index contributed by atoms with van der Waals surface area (Å²) in [7, 11) is 1.69. The normalized spacial score (nSPS) is 16.9. The molecule has 0 aliphatic heterocycles. The van der Waals surface area contributed by atoms with E-state index in [1.807, 2.05) is 5.38 Å². The number of amides is 1. The highest BCUT2D eigenvalue weighted by molar-refractivity contribution is 7.17. The second-order valence-corrected chi connectivity index (χ2v) is 6.23. The Morgan fingerprint density at radius 1 is 1.60 bits per heavy atom. The van der Waals surface area contributed by atoms with E-state index in [4.69, 9.17) is 5.73 Å². The number of hydrogen-bond acceptors (Lipinski definition) is 5. The van der Waals surface area contributed by atoms with Crippen molar-refractivity contribution in [3.05, 3.63) is 27.6 Å². The number of aromatic amines is 1. The van der Waals surface area contributed by atoms with Crippen molar-refractivity contribution in [3.63, 3.8) is 0 Å². The van der Waals surface area contributed by atoms with E-state index in [9.17, 15) is 9.59 Å². The second kappa shape index (κ2) is 4.68. The van der Waals surface area contributed by atoms with Gasteiger partial charge in [-0.3, -0.25) is 9.59 Å². The first-order chi connectivity index (χ1) is 9.49. The molecule has 0 bridgehead atoms. The molecule has 1 amide bonds. The monoisotopic (exact) mass is 292 g/mol. The lowest BCUT2D eigenvalue weighted by Crippen LogP contribution is -2.58. The number of hydrogen-bond donors (Lipinski definition) is 2. The number of rotatable bonds is 3. The number of fused-ring (bicyclic) bond motifs is 1. The zero-order chi connectivity index (χ0) is 14.3. The number of likely N-dealkylation sites (N-methyl/N-ethyl adjacent to an activating group) is 1. The number of carbonyl (C=O) groups excluding carboxylic acids is 1. The molecule has 0 saturated heterocycles. The zero-order valence-electron chi connectivity index (χ0n) is 11.2. The highest BCUT2D eigenvalue weighted by atomic mass is 32.1. The van der Waals surface area contributed by atoms with Gasteiger partial charge in [0.2, 0.25) is 5.91 Å². The van der Waals surface area contributed by atoms with Crippen molar-refractivity contribution in [1.82, 2.24) is 14.9 Å². The Hall–Kier alpha value is -1.73. The third-order valence-corrected chi connectivity index (χ3v) is 4.67. The second-order valence-electron chi connectivity index (χ2n) is 5.32. The average Bonchev–Trinajstić information content (AvgIpc) is 2.83. The van der Waals surface area contributed by atoms with E-state index < -0.39 is 5.54 Å². The Bertz CT molecular complexity index is 716. The van der Waals surface area contributed by atoms with Crippen LogP contribution in [0.25, 0.3) is 10.2 Å². The summed E-state index contributed by atoms with van der Waals surface area (Å²) < 4.78 is 0.608. The zero-order valence-corrected chi connectivity index (χ0v) is 12.0. The maximum absolute atomic E-state index is 12.2. The molecule has 2 aromatic rings. The van der Waals surface area contributed by atoms with Gasteiger partial charge in [-0.1, -0.05) is 0 Å². The molecule has 0 atom stereocenters. The first kappa shape index (κ1) is 13.3. The molecule has 106 valence electrons. The van der Waals surface area contributed by atoms with Crippen LogP contribution in [0.5, 0.6) is 0 Å². The minimum absolute atomic E-state index is 0.0863. The van der Waals surface area contributed by atoms with E-state index in [-0.39, 0.29) is 18.0 Å². The molecule has 3 N–H and O–H groups in total. The smallest absolute Gasteiger partial charge is 0.268 e. The van der Waals surface area contributed by atoms with Crippen LogP contribution in [0, 0.1) is 0 Å². The van der Waals surface area contributed by atoms with Crippen LogP contribution in [0.2, 0.25) is 0 Å². The van der Waals surface area contributed by atoms with Gasteiger partial charge < -0.3 is 15.6 Å². The standard InChI is InChI=1S/C13H16N4O2S/c1-17(12(19)13(14)4-2-5-13)7-9-15-8-3-6-20-10(8)11(18)16-9/h3,6H,2,4-5,7,14H2,1H3,(H,15,16,18). The van der Waals surface area contributed by atoms with Crippen molar-refractivity contribution < 1.29 is 4.79 Å². The summed E-state index contributed by atoms with van der Waals surface area (Å²) in [5, 5.41) is 1.83. The van der Waals surface area contributed by atoms with E-state index >= 15 is 0 Å². The van der Waals surface area contributed by atoms with E-state index in [1.54, 1.807) is 13.1 Å². The van der Waals surface area contributed by atoms with Gasteiger partial charge in [0.25, 0.3) is 5.56 Å². The molecule has 2 aromatic heterocycles. The van der Waals surface area contributed by atoms with Gasteiger partial charge in [0.05, 0.1) is 17.6 Å². The molecule has 2 heterocycles. The lowest BCUT2D eigenvalue weighted by Gasteiger charge is -2.39. The average molecular weight is 292 g/mol. The molecule has 3 rings (SSSR count). The van der Waals surface area contributed by atoms with Gasteiger partial charge in [-0.15, -0.1) is 11.3 Å². The fraction of sp³-hybridized carbons (Fsp3) is 0.462. The molecule has 20 heavy (non-hydrogen) atoms. The molecule has 1 aliphatic rings. The molecular formula is C13H16N4O2S. The van der Waals surface area contributed by atoms with Gasteiger partial charge in [0, 0.05) is 7.05 Å². The molecular weight excluding hydrogens is 276 g/mol. The number of carbonyl (C=O) groups is 1. The predicted octanol–water partition coefficient (Wildman–Crippen LogP) is 0.824. The van der Waals surface area contributed by atoms with Crippen LogP contribution >= 0.6 is 11.3 Å². The molecule has 6 nitrogen and oxygen atoms in total. The first-order valence-corrected chi connectivity index (χ1v) is 7.38. The predicted molar refractivity (Wildman–Crippen MR) is 77.5 cm³/mol.